The van der Waals surface area contributed by atoms with E-state index in [4.69, 9.17) is 9.47 Å². The molecular weight excluding hydrogens is 404 g/mol. The van der Waals surface area contributed by atoms with Gasteiger partial charge in [-0.25, -0.2) is 4.79 Å². The lowest BCUT2D eigenvalue weighted by atomic mass is 10.0. The normalized spacial score (nSPS) is 12.2. The zero-order chi connectivity index (χ0) is 24.0. The zero-order valence-electron chi connectivity index (χ0n) is 21.8. The molecule has 32 heavy (non-hydrogen) atoms. The molecule has 1 unspecified atom stereocenters. The first-order valence-electron chi connectivity index (χ1n) is 13.2. The molecule has 1 N–H and O–H groups in total. The minimum absolute atomic E-state index is 0.0896. The summed E-state index contributed by atoms with van der Waals surface area (Å²) in [6.07, 6.45) is 14.9. The van der Waals surface area contributed by atoms with Crippen LogP contribution >= 0.6 is 0 Å². The highest BCUT2D eigenvalue weighted by molar-refractivity contribution is 5.69. The van der Waals surface area contributed by atoms with E-state index in [1.165, 1.54) is 57.8 Å². The summed E-state index contributed by atoms with van der Waals surface area (Å²) in [5.41, 5.74) is 0. The fourth-order valence-electron chi connectivity index (χ4n) is 3.62. The van der Waals surface area contributed by atoms with Gasteiger partial charge in [-0.2, -0.15) is 0 Å². The van der Waals surface area contributed by atoms with Crippen molar-refractivity contribution in [1.82, 2.24) is 10.2 Å². The van der Waals surface area contributed by atoms with E-state index in [0.717, 1.165) is 25.9 Å². The maximum atomic E-state index is 12.2. The lowest BCUT2D eigenvalue weighted by Gasteiger charge is -2.19. The summed E-state index contributed by atoms with van der Waals surface area (Å²) in [6, 6.07) is 0. The zero-order valence-corrected chi connectivity index (χ0v) is 21.8. The lowest BCUT2D eigenvalue weighted by Crippen LogP contribution is -2.35. The largest absolute Gasteiger partial charge is 0.463 e. The van der Waals surface area contributed by atoms with Crippen LogP contribution in [0.15, 0.2) is 0 Å². The van der Waals surface area contributed by atoms with Gasteiger partial charge in [0.05, 0.1) is 6.10 Å². The Morgan fingerprint density at radius 2 is 1.38 bits per heavy atom. The first-order chi connectivity index (χ1) is 15.4. The second-order valence-electron chi connectivity index (χ2n) is 9.25. The number of amides is 1. The van der Waals surface area contributed by atoms with Crippen LogP contribution in [0.5, 0.6) is 0 Å². The first-order valence-corrected chi connectivity index (χ1v) is 13.2. The number of ether oxygens (including phenoxy) is 2. The molecule has 190 valence electrons. The predicted molar refractivity (Wildman–Crippen MR) is 133 cm³/mol. The van der Waals surface area contributed by atoms with Crippen LogP contribution < -0.4 is 5.32 Å². The van der Waals surface area contributed by atoms with E-state index >= 15 is 0 Å². The number of esters is 1. The second kappa shape index (κ2) is 21.5. The van der Waals surface area contributed by atoms with Gasteiger partial charge in [-0.15, -0.1) is 0 Å². The molecule has 0 aliphatic carbocycles. The quantitative estimate of drug-likeness (QED) is 0.158. The van der Waals surface area contributed by atoms with Crippen molar-refractivity contribution in [3.05, 3.63) is 0 Å². The molecule has 1 amide bonds. The highest BCUT2D eigenvalue weighted by atomic mass is 16.6. The maximum Gasteiger partial charge on any atom is 0.407 e. The number of likely N-dealkylation sites (N-methyl/N-ethyl adjacent to an activating group) is 1. The molecule has 0 aliphatic heterocycles. The molecule has 6 heteroatoms. The lowest BCUT2D eigenvalue weighted by molar-refractivity contribution is -0.147. The molecular formula is C26H52N2O4. The average molecular weight is 457 g/mol. The molecule has 0 aromatic carbocycles. The van der Waals surface area contributed by atoms with Crippen LogP contribution in [0.2, 0.25) is 0 Å². The van der Waals surface area contributed by atoms with Crippen LogP contribution in [0.1, 0.15) is 118 Å². The third-order valence-corrected chi connectivity index (χ3v) is 5.73. The summed E-state index contributed by atoms with van der Waals surface area (Å²) < 4.78 is 10.9. The van der Waals surface area contributed by atoms with Gasteiger partial charge in [0.15, 0.2) is 0 Å². The molecule has 6 nitrogen and oxygen atoms in total. The van der Waals surface area contributed by atoms with Gasteiger partial charge in [-0.3, -0.25) is 4.79 Å². The van der Waals surface area contributed by atoms with Crippen molar-refractivity contribution in [1.29, 1.82) is 0 Å². The number of hydrogen-bond donors (Lipinski definition) is 1. The Kier molecular flexibility index (Phi) is 20.7. The first kappa shape index (κ1) is 30.7. The van der Waals surface area contributed by atoms with Crippen molar-refractivity contribution < 1.29 is 19.1 Å². The van der Waals surface area contributed by atoms with Crippen molar-refractivity contribution in [2.75, 3.05) is 26.7 Å². The van der Waals surface area contributed by atoms with E-state index < -0.39 is 0 Å². The van der Waals surface area contributed by atoms with Gasteiger partial charge in [0.1, 0.15) is 6.10 Å². The van der Waals surface area contributed by atoms with Crippen molar-refractivity contribution in [3.8, 4) is 0 Å². The summed E-state index contributed by atoms with van der Waals surface area (Å²) >= 11 is 0. The van der Waals surface area contributed by atoms with Gasteiger partial charge in [-0.1, -0.05) is 71.6 Å². The number of rotatable bonds is 21. The maximum absolute atomic E-state index is 12.2. The summed E-state index contributed by atoms with van der Waals surface area (Å²) in [6.45, 7) is 10.4. The fourth-order valence-corrected chi connectivity index (χ4v) is 3.62. The second-order valence-corrected chi connectivity index (χ2v) is 9.25. The van der Waals surface area contributed by atoms with Crippen LogP contribution in [0.25, 0.3) is 0 Å². The summed E-state index contributed by atoms with van der Waals surface area (Å²) in [7, 11) is 2.03. The molecule has 0 aromatic rings. The SMILES string of the molecule is CCCCCCCCCCCCC(CCCC(=O)OC(C)C)OC(=O)NCCN(C)CC. The van der Waals surface area contributed by atoms with E-state index in [1.807, 2.05) is 20.9 Å². The molecule has 0 aromatic heterocycles. The van der Waals surface area contributed by atoms with E-state index in [1.54, 1.807) is 0 Å². The average Bonchev–Trinajstić information content (AvgIpc) is 2.74. The Labute approximate surface area is 198 Å². The molecule has 0 fully saturated rings. The van der Waals surface area contributed by atoms with Crippen LogP contribution in [-0.2, 0) is 14.3 Å². The number of carbonyl (C=O) groups is 2. The topological polar surface area (TPSA) is 67.9 Å². The van der Waals surface area contributed by atoms with Crippen molar-refractivity contribution >= 4 is 12.1 Å². The summed E-state index contributed by atoms with van der Waals surface area (Å²) in [5, 5.41) is 2.85. The molecule has 0 bridgehead atoms. The van der Waals surface area contributed by atoms with E-state index in [9.17, 15) is 9.59 Å². The van der Waals surface area contributed by atoms with Gasteiger partial charge in [0.2, 0.25) is 0 Å². The molecule has 0 radical (unpaired) electrons. The van der Waals surface area contributed by atoms with Gasteiger partial charge >= 0.3 is 12.1 Å². The number of unbranched alkanes of at least 4 members (excludes halogenated alkanes) is 9. The minimum atomic E-state index is -0.351. The molecule has 0 spiro atoms. The number of nitrogens with zero attached hydrogens (tertiary/aromatic N) is 1. The molecule has 1 atom stereocenters. The Balaban J connectivity index is 4.18. The number of alkyl carbamates (subject to hydrolysis) is 1. The number of hydrogen-bond acceptors (Lipinski definition) is 5. The van der Waals surface area contributed by atoms with E-state index in [2.05, 4.69) is 24.1 Å². The van der Waals surface area contributed by atoms with Crippen molar-refractivity contribution in [2.24, 2.45) is 0 Å². The highest BCUT2D eigenvalue weighted by Crippen LogP contribution is 2.16. The number of nitrogens with one attached hydrogen (secondary N) is 1. The monoisotopic (exact) mass is 456 g/mol. The van der Waals surface area contributed by atoms with Crippen molar-refractivity contribution in [2.45, 2.75) is 130 Å². The highest BCUT2D eigenvalue weighted by Gasteiger charge is 2.16. The summed E-state index contributed by atoms with van der Waals surface area (Å²) in [5.74, 6) is -0.176. The molecule has 0 aliphatic rings. The van der Waals surface area contributed by atoms with E-state index in [-0.39, 0.29) is 24.3 Å². The van der Waals surface area contributed by atoms with E-state index in [0.29, 0.717) is 25.8 Å². The van der Waals surface area contributed by atoms with Gasteiger partial charge in [0, 0.05) is 19.5 Å². The smallest absolute Gasteiger partial charge is 0.407 e. The Hall–Kier alpha value is -1.30. The predicted octanol–water partition coefficient (Wildman–Crippen LogP) is 6.47. The molecule has 0 saturated carbocycles. The van der Waals surface area contributed by atoms with Crippen molar-refractivity contribution in [3.63, 3.8) is 0 Å². The van der Waals surface area contributed by atoms with Gasteiger partial charge in [-0.05, 0) is 53.1 Å². The third-order valence-electron chi connectivity index (χ3n) is 5.73. The fraction of sp³-hybridized carbons (Fsp3) is 0.923. The Morgan fingerprint density at radius 3 is 1.94 bits per heavy atom. The molecule has 0 heterocycles. The summed E-state index contributed by atoms with van der Waals surface area (Å²) in [4.78, 5) is 26.1. The minimum Gasteiger partial charge on any atom is -0.463 e. The third kappa shape index (κ3) is 20.6. The molecule has 0 saturated heterocycles. The molecule has 0 rings (SSSR count). The standard InChI is InChI=1S/C26H52N2O4/c1-6-8-9-10-11-12-13-14-15-16-18-24(19-17-20-25(29)31-23(3)4)32-26(30)27-21-22-28(5)7-2/h23-24H,6-22H2,1-5H3,(H,27,30). The van der Waals surface area contributed by atoms with Crippen LogP contribution in [0.3, 0.4) is 0 Å². The van der Waals surface area contributed by atoms with Gasteiger partial charge < -0.3 is 19.7 Å². The number of carbonyl (C=O) groups excluding carboxylic acids is 2. The van der Waals surface area contributed by atoms with Gasteiger partial charge in [0.25, 0.3) is 0 Å². The van der Waals surface area contributed by atoms with Crippen LogP contribution in [0, 0.1) is 0 Å². The Morgan fingerprint density at radius 1 is 0.812 bits per heavy atom. The van der Waals surface area contributed by atoms with Crippen LogP contribution in [-0.4, -0.2) is 55.9 Å². The Bertz CT molecular complexity index is 457. The van der Waals surface area contributed by atoms with Crippen LogP contribution in [0.4, 0.5) is 4.79 Å².